The molecule has 2 aromatic heterocycles. The van der Waals surface area contributed by atoms with Crippen molar-refractivity contribution in [2.75, 3.05) is 33.3 Å². The number of hydrogen-bond acceptors (Lipinski definition) is 8. The summed E-state index contributed by atoms with van der Waals surface area (Å²) in [6, 6.07) is 15.7. The Bertz CT molecular complexity index is 1720. The van der Waals surface area contributed by atoms with Crippen molar-refractivity contribution in [1.29, 1.82) is 0 Å². The van der Waals surface area contributed by atoms with Gasteiger partial charge in [-0.15, -0.1) is 10.2 Å². The second kappa shape index (κ2) is 12.9. The highest BCUT2D eigenvalue weighted by Crippen LogP contribution is 2.30. The summed E-state index contributed by atoms with van der Waals surface area (Å²) in [5.41, 5.74) is 2.12. The molecule has 4 heterocycles. The van der Waals surface area contributed by atoms with Crippen LogP contribution in [0.2, 0.25) is 0 Å². The van der Waals surface area contributed by atoms with E-state index in [0.717, 1.165) is 5.56 Å². The number of aromatic nitrogens is 3. The normalized spacial score (nSPS) is 19.2. The fourth-order valence-corrected chi connectivity index (χ4v) is 5.52. The summed E-state index contributed by atoms with van der Waals surface area (Å²) in [6.07, 6.45) is 3.30. The first-order valence-corrected chi connectivity index (χ1v) is 15.0. The molecule has 1 N–H and O–H groups in total. The lowest BCUT2D eigenvalue weighted by molar-refractivity contribution is -0.124. The maximum absolute atomic E-state index is 13.6. The van der Waals surface area contributed by atoms with Crippen LogP contribution in [0.5, 0.6) is 17.2 Å². The van der Waals surface area contributed by atoms with Crippen LogP contribution in [0, 0.1) is 5.92 Å². The molecule has 1 saturated heterocycles. The van der Waals surface area contributed by atoms with Gasteiger partial charge in [0.15, 0.2) is 5.65 Å². The molecule has 2 atom stereocenters. The van der Waals surface area contributed by atoms with Crippen molar-refractivity contribution < 1.29 is 28.6 Å². The average molecular weight is 613 g/mol. The number of benzene rings is 2. The van der Waals surface area contributed by atoms with Gasteiger partial charge in [0, 0.05) is 38.0 Å². The Morgan fingerprint density at radius 1 is 1.11 bits per heavy atom. The third kappa shape index (κ3) is 6.91. The number of nitrogens with zero attached hydrogens (tertiary/aromatic N) is 5. The molecule has 12 nitrogen and oxygen atoms in total. The highest BCUT2D eigenvalue weighted by molar-refractivity contribution is 6.00. The van der Waals surface area contributed by atoms with E-state index in [9.17, 15) is 14.4 Å². The van der Waals surface area contributed by atoms with E-state index in [1.165, 1.54) is 4.90 Å². The summed E-state index contributed by atoms with van der Waals surface area (Å²) < 4.78 is 20.2. The number of fused-ring (bicyclic) bond motifs is 6. The summed E-state index contributed by atoms with van der Waals surface area (Å²) in [5.74, 6) is 0.950. The largest absolute Gasteiger partial charge is 0.493 e. The van der Waals surface area contributed by atoms with Crippen molar-refractivity contribution in [3.63, 3.8) is 0 Å². The first kappa shape index (κ1) is 30.1. The quantitative estimate of drug-likeness (QED) is 0.371. The van der Waals surface area contributed by atoms with Crippen LogP contribution < -0.4 is 14.8 Å². The van der Waals surface area contributed by atoms with Crippen LogP contribution in [-0.2, 0) is 16.1 Å². The zero-order valence-corrected chi connectivity index (χ0v) is 25.5. The van der Waals surface area contributed by atoms with Crippen LogP contribution in [0.1, 0.15) is 46.5 Å². The van der Waals surface area contributed by atoms with Gasteiger partial charge in [-0.2, -0.15) is 0 Å². The van der Waals surface area contributed by atoms with Crippen LogP contribution in [0.15, 0.2) is 67.1 Å². The lowest BCUT2D eigenvalue weighted by Crippen LogP contribution is -2.57. The Morgan fingerprint density at radius 3 is 2.82 bits per heavy atom. The molecular formula is C33H36N6O6. The van der Waals surface area contributed by atoms with Gasteiger partial charge >= 0.3 is 0 Å². The van der Waals surface area contributed by atoms with E-state index in [1.807, 2.05) is 38.1 Å². The number of nitrogens with one attached hydrogen (secondary N) is 1. The molecule has 2 aromatic carbocycles. The van der Waals surface area contributed by atoms with Gasteiger partial charge in [-0.05, 0) is 54.3 Å². The van der Waals surface area contributed by atoms with Crippen LogP contribution in [0.25, 0.3) is 5.65 Å². The Labute approximate surface area is 260 Å². The molecule has 2 aliphatic rings. The summed E-state index contributed by atoms with van der Waals surface area (Å²) in [6.45, 7) is 5.30. The third-order valence-electron chi connectivity index (χ3n) is 7.78. The van der Waals surface area contributed by atoms with E-state index in [-0.39, 0.29) is 43.5 Å². The summed E-state index contributed by atoms with van der Waals surface area (Å²) in [5, 5.41) is 11.1. The number of rotatable bonds is 4. The predicted molar refractivity (Wildman–Crippen MR) is 164 cm³/mol. The molecule has 0 spiro atoms. The van der Waals surface area contributed by atoms with Crippen molar-refractivity contribution in [3.8, 4) is 17.2 Å². The Morgan fingerprint density at radius 2 is 1.98 bits per heavy atom. The second-order valence-electron chi connectivity index (χ2n) is 11.9. The number of pyridine rings is 1. The van der Waals surface area contributed by atoms with Gasteiger partial charge in [0.1, 0.15) is 23.6 Å². The molecule has 4 aromatic rings. The van der Waals surface area contributed by atoms with Gasteiger partial charge in [0.2, 0.25) is 5.91 Å². The maximum atomic E-state index is 13.6. The number of likely N-dealkylation sites (N-methyl/N-ethyl adjacent to an activating group) is 1. The Kier molecular flexibility index (Phi) is 8.65. The minimum atomic E-state index is -0.504. The predicted octanol–water partition coefficient (Wildman–Crippen LogP) is 3.56. The number of hydrogen-bond donors (Lipinski definition) is 1. The summed E-state index contributed by atoms with van der Waals surface area (Å²) in [4.78, 5) is 43.4. The van der Waals surface area contributed by atoms with E-state index in [4.69, 9.17) is 14.2 Å². The molecule has 2 aliphatic heterocycles. The molecule has 0 aliphatic carbocycles. The van der Waals surface area contributed by atoms with E-state index in [0.29, 0.717) is 59.5 Å². The van der Waals surface area contributed by atoms with Crippen molar-refractivity contribution in [2.24, 2.45) is 5.92 Å². The zero-order chi connectivity index (χ0) is 31.5. The summed E-state index contributed by atoms with van der Waals surface area (Å²) in [7, 11) is 1.58. The molecule has 0 unspecified atom stereocenters. The molecule has 6 rings (SSSR count). The van der Waals surface area contributed by atoms with Crippen molar-refractivity contribution in [2.45, 2.75) is 39.0 Å². The van der Waals surface area contributed by atoms with Crippen molar-refractivity contribution in [1.82, 2.24) is 29.7 Å². The smallest absolute Gasteiger partial charge is 0.257 e. The van der Waals surface area contributed by atoms with Crippen molar-refractivity contribution >= 4 is 23.4 Å². The SMILES string of the molecule is CC(C)COc1cc2cc(c1)C(=O)N(C)CC(=O)N[C@H]1CCN(C(=O)c3cccn4cnnc34)C[C@@H]1OCc1cccc(c1)O2. The average Bonchev–Trinajstić information content (AvgIpc) is 3.51. The molecule has 0 saturated carbocycles. The molecule has 0 radical (unpaired) electrons. The Balaban J connectivity index is 1.27. The number of carbonyl (C=O) groups excluding carboxylic acids is 3. The first-order chi connectivity index (χ1) is 21.7. The lowest BCUT2D eigenvalue weighted by atomic mass is 10.00. The standard InChI is InChI=1S/C33H36N6O6/c1-21(2)18-43-25-13-23-14-26(15-25)45-24-7-4-6-22(12-24)19-44-29-16-38(11-9-28(29)35-30(40)17-37(3)32(23)41)33(42)27-8-5-10-39-20-34-36-31(27)39/h4-8,10,12-15,20-21,28-29H,9,11,16-19H2,1-3H3,(H,35,40)/t28-,29-/m0/s1. The number of amides is 3. The Hall–Kier alpha value is -4.97. The molecule has 234 valence electrons. The van der Waals surface area contributed by atoms with Crippen LogP contribution in [0.3, 0.4) is 0 Å². The van der Waals surface area contributed by atoms with Crippen LogP contribution in [0.4, 0.5) is 0 Å². The number of piperidine rings is 1. The number of likely N-dealkylation sites (tertiary alicyclic amines) is 1. The molecule has 12 heteroatoms. The van der Waals surface area contributed by atoms with E-state index in [1.54, 1.807) is 59.2 Å². The van der Waals surface area contributed by atoms with Gasteiger partial charge in [0.25, 0.3) is 11.8 Å². The second-order valence-corrected chi connectivity index (χ2v) is 11.9. The highest BCUT2D eigenvalue weighted by atomic mass is 16.5. The fraction of sp³-hybridized carbons (Fsp3) is 0.364. The zero-order valence-electron chi connectivity index (χ0n) is 25.5. The van der Waals surface area contributed by atoms with Crippen LogP contribution >= 0.6 is 0 Å². The van der Waals surface area contributed by atoms with Crippen molar-refractivity contribution in [3.05, 3.63) is 83.8 Å². The lowest BCUT2D eigenvalue weighted by Gasteiger charge is -2.39. The minimum absolute atomic E-state index is 0.161. The molecule has 45 heavy (non-hydrogen) atoms. The van der Waals surface area contributed by atoms with Gasteiger partial charge in [-0.3, -0.25) is 18.8 Å². The topological polar surface area (TPSA) is 128 Å². The highest BCUT2D eigenvalue weighted by Gasteiger charge is 2.35. The monoisotopic (exact) mass is 612 g/mol. The summed E-state index contributed by atoms with van der Waals surface area (Å²) >= 11 is 0. The maximum Gasteiger partial charge on any atom is 0.257 e. The van der Waals surface area contributed by atoms with E-state index < -0.39 is 6.10 Å². The van der Waals surface area contributed by atoms with Gasteiger partial charge in [-0.25, -0.2) is 0 Å². The number of carbonyl (C=O) groups is 3. The first-order valence-electron chi connectivity index (χ1n) is 15.0. The fourth-order valence-electron chi connectivity index (χ4n) is 5.52. The van der Waals surface area contributed by atoms with Gasteiger partial charge in [0.05, 0.1) is 37.5 Å². The van der Waals surface area contributed by atoms with E-state index >= 15 is 0 Å². The van der Waals surface area contributed by atoms with Crippen LogP contribution in [-0.4, -0.2) is 87.6 Å². The minimum Gasteiger partial charge on any atom is -0.493 e. The third-order valence-corrected chi connectivity index (χ3v) is 7.78. The molecular weight excluding hydrogens is 576 g/mol. The molecule has 1 fully saturated rings. The molecule has 4 bridgehead atoms. The van der Waals surface area contributed by atoms with Gasteiger partial charge in [-0.1, -0.05) is 26.0 Å². The van der Waals surface area contributed by atoms with E-state index in [2.05, 4.69) is 15.5 Å². The van der Waals surface area contributed by atoms with Gasteiger partial charge < -0.3 is 29.3 Å². The number of ether oxygens (including phenoxy) is 3. The molecule has 3 amide bonds.